The fourth-order valence-electron chi connectivity index (χ4n) is 4.67. The number of aliphatic carboxylic acids is 1. The fraction of sp³-hybridized carbons (Fsp3) is 0.321. The Morgan fingerprint density at radius 3 is 2.46 bits per heavy atom. The fourth-order valence-corrected chi connectivity index (χ4v) is 4.84. The van der Waals surface area contributed by atoms with Gasteiger partial charge in [-0.2, -0.15) is 18.2 Å². The summed E-state index contributed by atoms with van der Waals surface area (Å²) < 4.78 is 54.0. The van der Waals surface area contributed by atoms with Crippen LogP contribution in [0.4, 0.5) is 19.1 Å². The number of nitrogens with zero attached hydrogens (tertiary/aromatic N) is 2. The van der Waals surface area contributed by atoms with Crippen LogP contribution in [0.25, 0.3) is 16.7 Å². The van der Waals surface area contributed by atoms with E-state index in [-0.39, 0.29) is 46.3 Å². The minimum absolute atomic E-state index is 0. The summed E-state index contributed by atoms with van der Waals surface area (Å²) in [4.78, 5) is 19.2. The summed E-state index contributed by atoms with van der Waals surface area (Å²) in [6, 6.07) is 11.0. The number of carboxylic acids is 1. The van der Waals surface area contributed by atoms with E-state index in [2.05, 4.69) is 9.97 Å². The molecule has 1 aromatic heterocycles. The second-order valence-corrected chi connectivity index (χ2v) is 9.94. The Morgan fingerprint density at radius 1 is 1.17 bits per heavy atom. The average molecular weight is 613 g/mol. The molecule has 3 atom stereocenters. The average Bonchev–Trinajstić information content (AvgIpc) is 2.91. The first-order valence-electron chi connectivity index (χ1n) is 12.4. The molecule has 1 aliphatic rings. The summed E-state index contributed by atoms with van der Waals surface area (Å²) in [7, 11) is 1.49. The molecule has 2 aromatic carbocycles. The predicted molar refractivity (Wildman–Crippen MR) is 152 cm³/mol. The maximum absolute atomic E-state index is 14.5. The molecule has 8 nitrogen and oxygen atoms in total. The largest absolute Gasteiger partial charge is 0.497 e. The van der Waals surface area contributed by atoms with Crippen LogP contribution in [0.5, 0.6) is 11.6 Å². The number of allylic oxidation sites excluding steroid dienone is 2. The number of anilines is 1. The summed E-state index contributed by atoms with van der Waals surface area (Å²) >= 11 is 6.16. The monoisotopic (exact) mass is 612 g/mol. The Labute approximate surface area is 245 Å². The van der Waals surface area contributed by atoms with Crippen molar-refractivity contribution in [2.75, 3.05) is 12.8 Å². The van der Waals surface area contributed by atoms with Gasteiger partial charge in [-0.25, -0.2) is 4.98 Å². The molecule has 41 heavy (non-hydrogen) atoms. The van der Waals surface area contributed by atoms with Crippen molar-refractivity contribution < 1.29 is 32.5 Å². The number of rotatable bonds is 9. The molecule has 0 saturated heterocycles. The maximum Gasteiger partial charge on any atom is 0.429 e. The number of aromatic nitrogens is 2. The van der Waals surface area contributed by atoms with Gasteiger partial charge < -0.3 is 26.0 Å². The number of carboxylic acid groups (broad SMARTS) is 1. The van der Waals surface area contributed by atoms with Gasteiger partial charge in [-0.15, -0.1) is 12.4 Å². The topological polar surface area (TPSA) is 134 Å². The molecule has 0 spiro atoms. The highest BCUT2D eigenvalue weighted by atomic mass is 35.5. The zero-order valence-corrected chi connectivity index (χ0v) is 23.5. The summed E-state index contributed by atoms with van der Waals surface area (Å²) in [5, 5.41) is 9.32. The lowest BCUT2D eigenvalue weighted by Gasteiger charge is -2.25. The second kappa shape index (κ2) is 13.4. The minimum atomic E-state index is -4.81. The number of nitrogens with two attached hydrogens (primary N) is 2. The Kier molecular flexibility index (Phi) is 10.5. The normalized spacial score (nSPS) is 16.6. The van der Waals surface area contributed by atoms with E-state index in [0.717, 1.165) is 5.57 Å². The summed E-state index contributed by atoms with van der Waals surface area (Å²) in [6.45, 7) is 0. The number of halogens is 5. The molecule has 1 aliphatic carbocycles. The maximum atomic E-state index is 14.5. The van der Waals surface area contributed by atoms with Crippen molar-refractivity contribution in [3.63, 3.8) is 0 Å². The number of ether oxygens (including phenoxy) is 2. The molecule has 0 fully saturated rings. The number of alkyl halides is 3. The second-order valence-electron chi connectivity index (χ2n) is 9.50. The highest BCUT2D eigenvalue weighted by Crippen LogP contribution is 2.42. The van der Waals surface area contributed by atoms with Crippen molar-refractivity contribution in [1.82, 2.24) is 9.97 Å². The Bertz CT molecular complexity index is 1400. The molecule has 5 N–H and O–H groups in total. The minimum Gasteiger partial charge on any atom is -0.497 e. The lowest BCUT2D eigenvalue weighted by molar-refractivity contribution is -0.198. The SMILES string of the molecule is COc1ccc(-c2cc(Cl)ccc2C(Oc2cc(C3=CCC(CC(N)C(=O)O)CC3)nc(N)n2)C(F)(F)F)cc1.Cl. The summed E-state index contributed by atoms with van der Waals surface area (Å²) in [6.07, 6.45) is -3.28. The van der Waals surface area contributed by atoms with Crippen LogP contribution in [-0.4, -0.2) is 40.4 Å². The van der Waals surface area contributed by atoms with Crippen LogP contribution < -0.4 is 20.9 Å². The zero-order chi connectivity index (χ0) is 29.0. The predicted octanol–water partition coefficient (Wildman–Crippen LogP) is 6.48. The van der Waals surface area contributed by atoms with Gasteiger partial charge in [-0.3, -0.25) is 4.79 Å². The van der Waals surface area contributed by atoms with Gasteiger partial charge in [0.2, 0.25) is 17.9 Å². The van der Waals surface area contributed by atoms with Gasteiger partial charge in [0.05, 0.1) is 12.8 Å². The van der Waals surface area contributed by atoms with E-state index >= 15 is 0 Å². The van der Waals surface area contributed by atoms with E-state index < -0.39 is 24.3 Å². The van der Waals surface area contributed by atoms with Gasteiger partial charge in [0.15, 0.2) is 0 Å². The molecule has 0 aliphatic heterocycles. The van der Waals surface area contributed by atoms with Crippen molar-refractivity contribution in [1.29, 1.82) is 0 Å². The molecule has 0 saturated carbocycles. The van der Waals surface area contributed by atoms with Crippen LogP contribution in [0, 0.1) is 5.92 Å². The lowest BCUT2D eigenvalue weighted by Crippen LogP contribution is -2.32. The van der Waals surface area contributed by atoms with Crippen LogP contribution in [0.3, 0.4) is 0 Å². The molecule has 0 radical (unpaired) electrons. The number of hydrogen-bond acceptors (Lipinski definition) is 7. The highest BCUT2D eigenvalue weighted by molar-refractivity contribution is 6.30. The van der Waals surface area contributed by atoms with Gasteiger partial charge in [0, 0.05) is 16.7 Å². The molecule has 13 heteroatoms. The van der Waals surface area contributed by atoms with Gasteiger partial charge in [0.25, 0.3) is 0 Å². The molecule has 4 rings (SSSR count). The highest BCUT2D eigenvalue weighted by Gasteiger charge is 2.44. The first-order valence-corrected chi connectivity index (χ1v) is 12.8. The van der Waals surface area contributed by atoms with Crippen LogP contribution >= 0.6 is 24.0 Å². The van der Waals surface area contributed by atoms with Crippen molar-refractivity contribution in [3.8, 4) is 22.8 Å². The lowest BCUT2D eigenvalue weighted by atomic mass is 9.84. The number of benzene rings is 2. The number of nitrogen functional groups attached to an aromatic ring is 1. The summed E-state index contributed by atoms with van der Waals surface area (Å²) in [5.74, 6) is -1.02. The smallest absolute Gasteiger partial charge is 0.429 e. The first kappa shape index (κ1) is 32.0. The molecule has 0 amide bonds. The van der Waals surface area contributed by atoms with E-state index in [1.54, 1.807) is 24.3 Å². The van der Waals surface area contributed by atoms with E-state index in [1.807, 2.05) is 6.08 Å². The van der Waals surface area contributed by atoms with E-state index in [0.29, 0.717) is 42.7 Å². The Balaban J connectivity index is 0.00000462. The van der Waals surface area contributed by atoms with Crippen LogP contribution in [-0.2, 0) is 4.79 Å². The van der Waals surface area contributed by atoms with Gasteiger partial charge in [-0.1, -0.05) is 35.9 Å². The first-order chi connectivity index (χ1) is 18.9. The van der Waals surface area contributed by atoms with Crippen LogP contribution in [0.2, 0.25) is 5.02 Å². The number of carbonyl (C=O) groups is 1. The van der Waals surface area contributed by atoms with E-state index in [9.17, 15) is 18.0 Å². The third-order valence-corrected chi connectivity index (χ3v) is 6.94. The van der Waals surface area contributed by atoms with Gasteiger partial charge >= 0.3 is 12.1 Å². The Morgan fingerprint density at radius 2 is 1.88 bits per heavy atom. The van der Waals surface area contributed by atoms with Crippen LogP contribution in [0.15, 0.2) is 54.6 Å². The van der Waals surface area contributed by atoms with Crippen molar-refractivity contribution >= 4 is 41.5 Å². The van der Waals surface area contributed by atoms with Gasteiger partial charge in [0.1, 0.15) is 11.8 Å². The van der Waals surface area contributed by atoms with Gasteiger partial charge in [-0.05, 0) is 72.6 Å². The summed E-state index contributed by atoms with van der Waals surface area (Å²) in [5.41, 5.74) is 13.2. The molecule has 220 valence electrons. The van der Waals surface area contributed by atoms with Crippen molar-refractivity contribution in [2.45, 2.75) is 44.0 Å². The molecule has 1 heterocycles. The third kappa shape index (κ3) is 8.02. The Hall–Kier alpha value is -3.54. The standard InChI is InChI=1S/C28H28ClF3N4O4.ClH/c1-39-19-9-6-16(7-10-19)21-13-18(29)8-11-20(21)25(28(30,31)32)40-24-14-23(35-27(34)36-24)17-4-2-15(3-5-17)12-22(33)26(37)38;/h4,6-11,13-15,22,25H,2-3,5,12,33H2,1H3,(H,37,38)(H2,34,35,36);1H. The van der Waals surface area contributed by atoms with Crippen molar-refractivity contribution in [3.05, 3.63) is 70.9 Å². The third-order valence-electron chi connectivity index (χ3n) is 6.71. The van der Waals surface area contributed by atoms with Crippen molar-refractivity contribution in [2.24, 2.45) is 11.7 Å². The van der Waals surface area contributed by atoms with Crippen LogP contribution in [0.1, 0.15) is 43.0 Å². The molecule has 3 unspecified atom stereocenters. The molecular weight excluding hydrogens is 584 g/mol. The van der Waals surface area contributed by atoms with E-state index in [4.69, 9.17) is 37.6 Å². The number of methoxy groups -OCH3 is 1. The van der Waals surface area contributed by atoms with E-state index in [1.165, 1.54) is 31.4 Å². The molecule has 0 bridgehead atoms. The molecular formula is C28H29Cl2F3N4O4. The number of hydrogen-bond donors (Lipinski definition) is 3. The zero-order valence-electron chi connectivity index (χ0n) is 21.9. The quantitative estimate of drug-likeness (QED) is 0.250. The molecule has 3 aromatic rings.